The van der Waals surface area contributed by atoms with Gasteiger partial charge in [-0.05, 0) is 75.9 Å². The molecule has 1 aromatic heterocycles. The summed E-state index contributed by atoms with van der Waals surface area (Å²) in [6.45, 7) is 6.18. The summed E-state index contributed by atoms with van der Waals surface area (Å²) < 4.78 is 44.2. The van der Waals surface area contributed by atoms with E-state index in [0.717, 1.165) is 18.3 Å². The molecule has 40 heavy (non-hydrogen) atoms. The first kappa shape index (κ1) is 30.0. The number of carbonyl (C=O) groups is 2. The molecule has 2 aromatic rings. The maximum atomic E-state index is 12.9. The highest BCUT2D eigenvalue weighted by Crippen LogP contribution is 2.30. The maximum absolute atomic E-state index is 12.9. The lowest BCUT2D eigenvalue weighted by Gasteiger charge is -2.33. The average molecular weight is 555 g/mol. The van der Waals surface area contributed by atoms with Crippen molar-refractivity contribution in [2.24, 2.45) is 5.92 Å². The minimum absolute atomic E-state index is 0.0678. The molecule has 0 saturated carbocycles. The van der Waals surface area contributed by atoms with E-state index in [4.69, 9.17) is 4.74 Å². The summed E-state index contributed by atoms with van der Waals surface area (Å²) in [6.07, 6.45) is -1.30. The zero-order valence-electron chi connectivity index (χ0n) is 22.3. The van der Waals surface area contributed by atoms with Crippen LogP contribution in [0, 0.1) is 28.6 Å². The summed E-state index contributed by atoms with van der Waals surface area (Å²) in [5.41, 5.74) is -0.380. The Morgan fingerprint density at radius 3 is 2.35 bits per heavy atom. The van der Waals surface area contributed by atoms with Crippen LogP contribution in [0.15, 0.2) is 54.4 Å². The van der Waals surface area contributed by atoms with Gasteiger partial charge in [-0.15, -0.1) is 0 Å². The fourth-order valence-corrected chi connectivity index (χ4v) is 4.05. The Hall–Kier alpha value is -4.58. The van der Waals surface area contributed by atoms with Gasteiger partial charge in [-0.3, -0.25) is 4.79 Å². The topological polar surface area (TPSA) is 122 Å². The van der Waals surface area contributed by atoms with E-state index in [-0.39, 0.29) is 23.8 Å². The van der Waals surface area contributed by atoms with E-state index >= 15 is 0 Å². The number of amides is 2. The normalized spacial score (nSPS) is 14.6. The molecule has 1 aromatic carbocycles. The van der Waals surface area contributed by atoms with Crippen LogP contribution < -0.4 is 10.2 Å². The van der Waals surface area contributed by atoms with Gasteiger partial charge in [0.15, 0.2) is 0 Å². The Bertz CT molecular complexity index is 1330. The summed E-state index contributed by atoms with van der Waals surface area (Å²) >= 11 is 0. The number of halogens is 3. The lowest BCUT2D eigenvalue weighted by atomic mass is 9.90. The van der Waals surface area contributed by atoms with Gasteiger partial charge in [0.25, 0.3) is 5.91 Å². The second kappa shape index (κ2) is 12.5. The van der Waals surface area contributed by atoms with Crippen LogP contribution in [-0.2, 0) is 10.9 Å². The molecule has 0 aliphatic carbocycles. The van der Waals surface area contributed by atoms with Gasteiger partial charge in [0.1, 0.15) is 18.0 Å². The average Bonchev–Trinajstić information content (AvgIpc) is 2.90. The Morgan fingerprint density at radius 1 is 1.15 bits per heavy atom. The molecule has 1 aliphatic rings. The van der Waals surface area contributed by atoms with Crippen molar-refractivity contribution in [1.29, 1.82) is 10.5 Å². The lowest BCUT2D eigenvalue weighted by Crippen LogP contribution is -2.42. The number of pyridine rings is 1. The van der Waals surface area contributed by atoms with Crippen molar-refractivity contribution in [2.45, 2.75) is 45.4 Å². The van der Waals surface area contributed by atoms with Crippen LogP contribution in [0.3, 0.4) is 0 Å². The number of piperidine rings is 1. The smallest absolute Gasteiger partial charge is 0.416 e. The van der Waals surface area contributed by atoms with Crippen molar-refractivity contribution >= 4 is 23.5 Å². The van der Waals surface area contributed by atoms with Crippen LogP contribution in [0.25, 0.3) is 0 Å². The van der Waals surface area contributed by atoms with Crippen LogP contribution in [0.5, 0.6) is 0 Å². The van der Waals surface area contributed by atoms with Crippen LogP contribution in [0.2, 0.25) is 0 Å². The number of nitrogens with zero attached hydrogens (tertiary/aromatic N) is 5. The molecule has 1 fully saturated rings. The van der Waals surface area contributed by atoms with Crippen molar-refractivity contribution in [3.05, 3.63) is 65.5 Å². The molecule has 1 saturated heterocycles. The number of carbonyl (C=O) groups excluding carboxylic acids is 2. The standard InChI is InChI=1S/C28H29F3N6O3/c1-27(2,3)40-26(39)36-13-9-19(10-14-36)21(17-33)18-37(15-11-32)23-6-4-20(5-7-23)25(38)35-24-16-22(8-12-34-24)28(29,30)31/h4-8,12,16,18-19H,9-10,13-15H2,1-3H3,(H,34,35,38)/b21-18+. The lowest BCUT2D eigenvalue weighted by molar-refractivity contribution is -0.137. The van der Waals surface area contributed by atoms with E-state index in [2.05, 4.69) is 22.4 Å². The predicted molar refractivity (Wildman–Crippen MR) is 141 cm³/mol. The molecule has 2 heterocycles. The van der Waals surface area contributed by atoms with Crippen LogP contribution in [0.1, 0.15) is 49.5 Å². The third-order valence-corrected chi connectivity index (χ3v) is 6.04. The molecule has 2 amide bonds. The number of benzene rings is 1. The van der Waals surface area contributed by atoms with Crippen molar-refractivity contribution in [2.75, 3.05) is 29.9 Å². The third kappa shape index (κ3) is 8.21. The summed E-state index contributed by atoms with van der Waals surface area (Å²) in [7, 11) is 0. The number of likely N-dealkylation sites (tertiary alicyclic amines) is 1. The second-order valence-electron chi connectivity index (χ2n) is 10.2. The molecule has 0 atom stereocenters. The van der Waals surface area contributed by atoms with Crippen molar-refractivity contribution in [3.8, 4) is 12.1 Å². The van der Waals surface area contributed by atoms with Gasteiger partial charge in [0.2, 0.25) is 0 Å². The molecule has 1 N–H and O–H groups in total. The van der Waals surface area contributed by atoms with Crippen LogP contribution in [0.4, 0.5) is 29.5 Å². The van der Waals surface area contributed by atoms with E-state index in [1.165, 1.54) is 12.1 Å². The molecule has 0 radical (unpaired) electrons. The van der Waals surface area contributed by atoms with Gasteiger partial charge < -0.3 is 19.9 Å². The zero-order valence-corrected chi connectivity index (χ0v) is 22.3. The van der Waals surface area contributed by atoms with E-state index in [1.54, 1.807) is 48.9 Å². The molecule has 0 unspecified atom stereocenters. The SMILES string of the molecule is CC(C)(C)OC(=O)N1CCC(/C(C#N)=C/N(CC#N)c2ccc(C(=O)Nc3cc(C(F)(F)F)ccn3)cc2)CC1. The zero-order chi connectivity index (χ0) is 29.5. The summed E-state index contributed by atoms with van der Waals surface area (Å²) in [4.78, 5) is 31.9. The third-order valence-electron chi connectivity index (χ3n) is 6.04. The highest BCUT2D eigenvalue weighted by atomic mass is 19.4. The van der Waals surface area contributed by atoms with Gasteiger partial charge in [-0.2, -0.15) is 23.7 Å². The van der Waals surface area contributed by atoms with Crippen LogP contribution >= 0.6 is 0 Å². The monoisotopic (exact) mass is 554 g/mol. The quantitative estimate of drug-likeness (QED) is 0.357. The Morgan fingerprint density at radius 2 is 1.80 bits per heavy atom. The van der Waals surface area contributed by atoms with Gasteiger partial charge in [-0.1, -0.05) is 0 Å². The summed E-state index contributed by atoms with van der Waals surface area (Å²) in [6, 6.07) is 11.9. The molecule has 12 heteroatoms. The number of ether oxygens (including phenoxy) is 1. The van der Waals surface area contributed by atoms with Gasteiger partial charge in [0.05, 0.1) is 17.7 Å². The fraction of sp³-hybridized carbons (Fsp3) is 0.393. The number of nitriles is 2. The number of anilines is 2. The summed E-state index contributed by atoms with van der Waals surface area (Å²) in [5.74, 6) is -1.01. The Balaban J connectivity index is 1.69. The first-order valence-corrected chi connectivity index (χ1v) is 12.5. The first-order valence-electron chi connectivity index (χ1n) is 12.5. The van der Waals surface area contributed by atoms with Gasteiger partial charge in [0, 0.05) is 42.3 Å². The minimum atomic E-state index is -4.57. The molecule has 0 bridgehead atoms. The van der Waals surface area contributed by atoms with Crippen molar-refractivity contribution in [1.82, 2.24) is 9.88 Å². The molecule has 1 aliphatic heterocycles. The number of hydrogen-bond acceptors (Lipinski definition) is 7. The molecule has 3 rings (SSSR count). The van der Waals surface area contributed by atoms with Crippen molar-refractivity contribution in [3.63, 3.8) is 0 Å². The summed E-state index contributed by atoms with van der Waals surface area (Å²) in [5, 5.41) is 21.5. The number of rotatable bonds is 6. The number of hydrogen-bond donors (Lipinski definition) is 1. The largest absolute Gasteiger partial charge is 0.444 e. The number of nitrogens with one attached hydrogen (secondary N) is 1. The fourth-order valence-electron chi connectivity index (χ4n) is 4.05. The maximum Gasteiger partial charge on any atom is 0.416 e. The number of allylic oxidation sites excluding steroid dienone is 1. The molecule has 0 spiro atoms. The van der Waals surface area contributed by atoms with E-state index in [9.17, 15) is 33.3 Å². The molecular weight excluding hydrogens is 525 g/mol. The highest BCUT2D eigenvalue weighted by Gasteiger charge is 2.31. The number of alkyl halides is 3. The second-order valence-corrected chi connectivity index (χ2v) is 10.2. The van der Waals surface area contributed by atoms with Gasteiger partial charge in [-0.25, -0.2) is 9.78 Å². The Labute approximate surface area is 230 Å². The van der Waals surface area contributed by atoms with E-state index in [0.29, 0.717) is 37.2 Å². The highest BCUT2D eigenvalue weighted by molar-refractivity contribution is 6.04. The minimum Gasteiger partial charge on any atom is -0.444 e. The Kier molecular flexibility index (Phi) is 9.38. The van der Waals surface area contributed by atoms with Crippen molar-refractivity contribution < 1.29 is 27.5 Å². The van der Waals surface area contributed by atoms with Crippen LogP contribution in [-0.4, -0.2) is 47.1 Å². The predicted octanol–water partition coefficient (Wildman–Crippen LogP) is 5.74. The molecule has 210 valence electrons. The number of aromatic nitrogens is 1. The van der Waals surface area contributed by atoms with E-state index < -0.39 is 29.3 Å². The molecular formula is C28H29F3N6O3. The van der Waals surface area contributed by atoms with E-state index in [1.807, 2.05) is 0 Å². The first-order chi connectivity index (χ1) is 18.8. The molecule has 9 nitrogen and oxygen atoms in total. The van der Waals surface area contributed by atoms with Gasteiger partial charge >= 0.3 is 12.3 Å².